The number of carbonyl (C=O) groups is 1. The molecule has 0 unspecified atom stereocenters. The zero-order valence-electron chi connectivity index (χ0n) is 5.52. The molecule has 0 aromatic rings. The molecule has 9 heavy (non-hydrogen) atoms. The fourth-order valence-corrected chi connectivity index (χ4v) is 0.830. The largest absolute Gasteiger partial charge is 0.359 e. The molecule has 0 bridgehead atoms. The van der Waals surface area contributed by atoms with E-state index < -0.39 is 0 Å². The number of carbonyl (C=O) groups excluding carboxylic acids is 1. The van der Waals surface area contributed by atoms with Crippen molar-refractivity contribution < 1.29 is 4.79 Å². The second-order valence-electron chi connectivity index (χ2n) is 1.46. The van der Waals surface area contributed by atoms with Gasteiger partial charge in [0.25, 0.3) is 0 Å². The third-order valence-electron chi connectivity index (χ3n) is 0.844. The number of thioether (sulfide) groups is 1. The maximum Gasteiger partial charge on any atom is 0.220 e. The zero-order valence-corrected chi connectivity index (χ0v) is 6.33. The van der Waals surface area contributed by atoms with Crippen molar-refractivity contribution in [2.75, 3.05) is 12.8 Å². The zero-order chi connectivity index (χ0) is 7.11. The molecule has 1 amide bonds. The molecule has 0 saturated heterocycles. The van der Waals surface area contributed by atoms with E-state index in [0.29, 0.717) is 6.42 Å². The highest BCUT2D eigenvalue weighted by Gasteiger charge is 1.93. The highest BCUT2D eigenvalue weighted by atomic mass is 32.2. The van der Waals surface area contributed by atoms with Gasteiger partial charge in [0, 0.05) is 19.2 Å². The van der Waals surface area contributed by atoms with Crippen LogP contribution in [-0.4, -0.2) is 18.7 Å². The molecular weight excluding hydrogens is 134 g/mol. The second kappa shape index (κ2) is 5.69. The summed E-state index contributed by atoms with van der Waals surface area (Å²) in [6.45, 7) is 3.51. The van der Waals surface area contributed by atoms with Gasteiger partial charge in [-0.2, -0.15) is 0 Å². The van der Waals surface area contributed by atoms with Gasteiger partial charge in [-0.05, 0) is 5.41 Å². The first-order valence-electron chi connectivity index (χ1n) is 2.74. The van der Waals surface area contributed by atoms with Crippen LogP contribution in [0.5, 0.6) is 0 Å². The van der Waals surface area contributed by atoms with Gasteiger partial charge in [-0.1, -0.05) is 6.58 Å². The van der Waals surface area contributed by atoms with E-state index in [1.165, 1.54) is 0 Å². The molecule has 0 rings (SSSR count). The molecular formula is C6H11NOS. The van der Waals surface area contributed by atoms with Gasteiger partial charge in [-0.3, -0.25) is 4.79 Å². The van der Waals surface area contributed by atoms with E-state index in [2.05, 4.69) is 11.9 Å². The van der Waals surface area contributed by atoms with Crippen LogP contribution >= 0.6 is 11.8 Å². The summed E-state index contributed by atoms with van der Waals surface area (Å²) in [5.41, 5.74) is 0. The second-order valence-corrected chi connectivity index (χ2v) is 2.54. The summed E-state index contributed by atoms with van der Waals surface area (Å²) >= 11 is 1.55. The van der Waals surface area contributed by atoms with Crippen LogP contribution in [0.1, 0.15) is 6.42 Å². The third-order valence-corrected chi connectivity index (χ3v) is 1.52. The Morgan fingerprint density at radius 3 is 3.00 bits per heavy atom. The maximum atomic E-state index is 10.5. The van der Waals surface area contributed by atoms with Crippen LogP contribution in [0.4, 0.5) is 0 Å². The minimum atomic E-state index is 0.0874. The molecule has 0 aromatic heterocycles. The molecule has 0 atom stereocenters. The number of nitrogens with one attached hydrogen (secondary N) is 1. The Hall–Kier alpha value is -0.440. The quantitative estimate of drug-likeness (QED) is 0.598. The summed E-state index contributed by atoms with van der Waals surface area (Å²) in [6.07, 6.45) is 0.577. The van der Waals surface area contributed by atoms with Crippen molar-refractivity contribution in [2.24, 2.45) is 0 Å². The lowest BCUT2D eigenvalue weighted by atomic mass is 10.5. The topological polar surface area (TPSA) is 29.1 Å². The molecule has 2 nitrogen and oxygen atoms in total. The minimum Gasteiger partial charge on any atom is -0.359 e. The van der Waals surface area contributed by atoms with Crippen molar-refractivity contribution in [3.8, 4) is 0 Å². The molecule has 0 aliphatic heterocycles. The molecule has 3 heteroatoms. The molecule has 1 N–H and O–H groups in total. The Morgan fingerprint density at radius 2 is 2.56 bits per heavy atom. The summed E-state index contributed by atoms with van der Waals surface area (Å²) in [6, 6.07) is 0. The van der Waals surface area contributed by atoms with Crippen LogP contribution < -0.4 is 5.32 Å². The van der Waals surface area contributed by atoms with Gasteiger partial charge in [0.05, 0.1) is 0 Å². The Labute approximate surface area is 59.7 Å². The first kappa shape index (κ1) is 8.56. The molecule has 0 aliphatic carbocycles. The lowest BCUT2D eigenvalue weighted by Gasteiger charge is -1.94. The van der Waals surface area contributed by atoms with Gasteiger partial charge in [-0.25, -0.2) is 0 Å². The average molecular weight is 145 g/mol. The van der Waals surface area contributed by atoms with E-state index >= 15 is 0 Å². The van der Waals surface area contributed by atoms with Crippen molar-refractivity contribution in [3.63, 3.8) is 0 Å². The van der Waals surface area contributed by atoms with Crippen LogP contribution in [0.15, 0.2) is 12.0 Å². The molecule has 0 heterocycles. The molecule has 0 radical (unpaired) electrons. The van der Waals surface area contributed by atoms with E-state index in [0.717, 1.165) is 5.75 Å². The van der Waals surface area contributed by atoms with Crippen molar-refractivity contribution in [3.05, 3.63) is 12.0 Å². The highest BCUT2D eigenvalue weighted by Crippen LogP contribution is 2.00. The van der Waals surface area contributed by atoms with E-state index in [9.17, 15) is 4.79 Å². The summed E-state index contributed by atoms with van der Waals surface area (Å²) < 4.78 is 0. The predicted molar refractivity (Wildman–Crippen MR) is 41.3 cm³/mol. The molecule has 52 valence electrons. The van der Waals surface area contributed by atoms with E-state index in [-0.39, 0.29) is 5.91 Å². The summed E-state index contributed by atoms with van der Waals surface area (Å²) in [5.74, 6) is 0.910. The number of amides is 1. The molecule has 0 saturated carbocycles. The molecule has 0 aliphatic rings. The van der Waals surface area contributed by atoms with Gasteiger partial charge < -0.3 is 5.32 Å². The number of hydrogen-bond donors (Lipinski definition) is 1. The van der Waals surface area contributed by atoms with Gasteiger partial charge in [-0.15, -0.1) is 11.8 Å². The van der Waals surface area contributed by atoms with E-state index in [1.54, 1.807) is 24.2 Å². The first-order valence-corrected chi connectivity index (χ1v) is 3.79. The van der Waals surface area contributed by atoms with Crippen molar-refractivity contribution in [1.29, 1.82) is 0 Å². The molecule has 0 aromatic carbocycles. The van der Waals surface area contributed by atoms with Gasteiger partial charge in [0.2, 0.25) is 5.91 Å². The van der Waals surface area contributed by atoms with Gasteiger partial charge in [0.15, 0.2) is 0 Å². The minimum absolute atomic E-state index is 0.0874. The monoisotopic (exact) mass is 145 g/mol. The predicted octanol–water partition coefficient (Wildman–Crippen LogP) is 0.999. The van der Waals surface area contributed by atoms with Gasteiger partial charge in [0.1, 0.15) is 0 Å². The smallest absolute Gasteiger partial charge is 0.220 e. The molecule has 0 spiro atoms. The fourth-order valence-electron chi connectivity index (χ4n) is 0.360. The van der Waals surface area contributed by atoms with Crippen LogP contribution in [0.2, 0.25) is 0 Å². The maximum absolute atomic E-state index is 10.5. The van der Waals surface area contributed by atoms with Crippen molar-refractivity contribution in [1.82, 2.24) is 5.32 Å². The summed E-state index contributed by atoms with van der Waals surface area (Å²) in [4.78, 5) is 10.5. The highest BCUT2D eigenvalue weighted by molar-refractivity contribution is 8.02. The number of hydrogen-bond acceptors (Lipinski definition) is 2. The lowest BCUT2D eigenvalue weighted by molar-refractivity contribution is -0.120. The third kappa shape index (κ3) is 5.43. The van der Waals surface area contributed by atoms with Gasteiger partial charge >= 0.3 is 0 Å². The van der Waals surface area contributed by atoms with E-state index in [1.807, 2.05) is 0 Å². The summed E-state index contributed by atoms with van der Waals surface area (Å²) in [7, 11) is 1.64. The van der Waals surface area contributed by atoms with Crippen LogP contribution in [0.3, 0.4) is 0 Å². The number of rotatable bonds is 4. The average Bonchev–Trinajstić information content (AvgIpc) is 1.89. The van der Waals surface area contributed by atoms with Crippen LogP contribution in [-0.2, 0) is 4.79 Å². The normalized spacial score (nSPS) is 8.56. The Bertz CT molecular complexity index is 103. The van der Waals surface area contributed by atoms with Crippen molar-refractivity contribution in [2.45, 2.75) is 6.42 Å². The first-order chi connectivity index (χ1) is 4.31. The Kier molecular flexibility index (Phi) is 5.41. The molecule has 0 fully saturated rings. The summed E-state index contributed by atoms with van der Waals surface area (Å²) in [5, 5.41) is 4.28. The Balaban J connectivity index is 3.06. The Morgan fingerprint density at radius 1 is 1.89 bits per heavy atom. The van der Waals surface area contributed by atoms with Crippen LogP contribution in [0, 0.1) is 0 Å². The SMILES string of the molecule is C=CSCCC(=O)NC. The van der Waals surface area contributed by atoms with E-state index in [4.69, 9.17) is 0 Å². The fraction of sp³-hybridized carbons (Fsp3) is 0.500. The van der Waals surface area contributed by atoms with Crippen molar-refractivity contribution >= 4 is 17.7 Å². The lowest BCUT2D eigenvalue weighted by Crippen LogP contribution is -2.17. The standard InChI is InChI=1S/C6H11NOS/c1-3-9-5-4-6(8)7-2/h3H,1,4-5H2,2H3,(H,7,8). The van der Waals surface area contributed by atoms with Crippen LogP contribution in [0.25, 0.3) is 0 Å².